The Labute approximate surface area is 164 Å². The third-order valence-electron chi connectivity index (χ3n) is 5.43. The first kappa shape index (κ1) is 22.3. The molecule has 1 aliphatic heterocycles. The molecule has 1 saturated heterocycles. The fourth-order valence-corrected chi connectivity index (χ4v) is 3.46. The first-order chi connectivity index (χ1) is 12.9. The Hall–Kier alpha value is -2.03. The number of piperazine rings is 1. The van der Waals surface area contributed by atoms with Crippen LogP contribution in [0.4, 0.5) is 10.1 Å². The SMILES string of the molecule is Cc1ccc(F)cc1N1CC(C)(C)N(C[C@H](N)[C@@H](O)C[C@H](C)C(=O)O)CC1=O. The molecule has 0 saturated carbocycles. The minimum Gasteiger partial charge on any atom is -0.481 e. The fraction of sp³-hybridized carbons (Fsp3) is 0.600. The molecule has 0 unspecified atom stereocenters. The van der Waals surface area contributed by atoms with Crippen molar-refractivity contribution in [2.45, 2.75) is 51.8 Å². The number of nitrogens with two attached hydrogens (primary N) is 1. The van der Waals surface area contributed by atoms with Crippen LogP contribution >= 0.6 is 0 Å². The maximum absolute atomic E-state index is 13.7. The third kappa shape index (κ3) is 5.06. The number of aryl methyl sites for hydroxylation is 1. The summed E-state index contributed by atoms with van der Waals surface area (Å²) in [4.78, 5) is 27.2. The topological polar surface area (TPSA) is 107 Å². The molecule has 1 aromatic rings. The molecule has 0 spiro atoms. The van der Waals surface area contributed by atoms with Gasteiger partial charge in [0.1, 0.15) is 5.82 Å². The number of carbonyl (C=O) groups is 2. The molecule has 1 amide bonds. The van der Waals surface area contributed by atoms with Gasteiger partial charge in [0.2, 0.25) is 5.91 Å². The molecule has 7 nitrogen and oxygen atoms in total. The van der Waals surface area contributed by atoms with E-state index in [1.807, 2.05) is 25.7 Å². The summed E-state index contributed by atoms with van der Waals surface area (Å²) in [5, 5.41) is 19.2. The Morgan fingerprint density at radius 2 is 2.04 bits per heavy atom. The van der Waals surface area contributed by atoms with Crippen LogP contribution in [0, 0.1) is 18.7 Å². The molecular formula is C20H30FN3O4. The van der Waals surface area contributed by atoms with Gasteiger partial charge in [-0.15, -0.1) is 0 Å². The molecule has 156 valence electrons. The van der Waals surface area contributed by atoms with E-state index < -0.39 is 35.4 Å². The number of rotatable bonds is 7. The van der Waals surface area contributed by atoms with Gasteiger partial charge in [0, 0.05) is 30.4 Å². The Morgan fingerprint density at radius 3 is 2.64 bits per heavy atom. The minimum atomic E-state index is -0.986. The summed E-state index contributed by atoms with van der Waals surface area (Å²) >= 11 is 0. The number of hydrogen-bond donors (Lipinski definition) is 3. The highest BCUT2D eigenvalue weighted by Crippen LogP contribution is 2.29. The largest absolute Gasteiger partial charge is 0.481 e. The van der Waals surface area contributed by atoms with Gasteiger partial charge in [-0.05, 0) is 44.9 Å². The van der Waals surface area contributed by atoms with Gasteiger partial charge in [-0.25, -0.2) is 4.39 Å². The lowest BCUT2D eigenvalue weighted by atomic mass is 9.94. The van der Waals surface area contributed by atoms with E-state index in [4.69, 9.17) is 10.8 Å². The molecule has 1 aliphatic rings. The number of anilines is 1. The van der Waals surface area contributed by atoms with Crippen LogP contribution in [0.25, 0.3) is 0 Å². The molecule has 1 aromatic carbocycles. The molecule has 1 fully saturated rings. The van der Waals surface area contributed by atoms with Crippen LogP contribution in [0.1, 0.15) is 32.8 Å². The first-order valence-electron chi connectivity index (χ1n) is 9.40. The number of benzene rings is 1. The van der Waals surface area contributed by atoms with E-state index in [0.29, 0.717) is 12.2 Å². The summed E-state index contributed by atoms with van der Waals surface area (Å²) in [6, 6.07) is 3.69. The first-order valence-corrected chi connectivity index (χ1v) is 9.40. The molecule has 8 heteroatoms. The van der Waals surface area contributed by atoms with Gasteiger partial charge in [-0.3, -0.25) is 14.5 Å². The summed E-state index contributed by atoms with van der Waals surface area (Å²) in [7, 11) is 0. The lowest BCUT2D eigenvalue weighted by Crippen LogP contribution is -2.64. The van der Waals surface area contributed by atoms with Crippen LogP contribution in [0.3, 0.4) is 0 Å². The van der Waals surface area contributed by atoms with E-state index in [9.17, 15) is 19.1 Å². The van der Waals surface area contributed by atoms with Gasteiger partial charge in [0.15, 0.2) is 0 Å². The van der Waals surface area contributed by atoms with Crippen LogP contribution in [-0.4, -0.2) is 64.3 Å². The highest BCUT2D eigenvalue weighted by atomic mass is 19.1. The number of nitrogens with zero attached hydrogens (tertiary/aromatic N) is 2. The van der Waals surface area contributed by atoms with Crippen molar-refractivity contribution in [2.24, 2.45) is 11.7 Å². The van der Waals surface area contributed by atoms with Crippen molar-refractivity contribution in [3.63, 3.8) is 0 Å². The smallest absolute Gasteiger partial charge is 0.306 e. The summed E-state index contributed by atoms with van der Waals surface area (Å²) in [5.41, 5.74) is 7.00. The minimum absolute atomic E-state index is 0.0489. The highest BCUT2D eigenvalue weighted by molar-refractivity contribution is 5.96. The summed E-state index contributed by atoms with van der Waals surface area (Å²) in [5.74, 6) is -2.26. The van der Waals surface area contributed by atoms with E-state index in [1.165, 1.54) is 19.1 Å². The van der Waals surface area contributed by atoms with Crippen LogP contribution in [0.5, 0.6) is 0 Å². The Bertz CT molecular complexity index is 740. The summed E-state index contributed by atoms with van der Waals surface area (Å²) in [6.07, 6.45) is -0.937. The number of carboxylic acid groups (broad SMARTS) is 1. The van der Waals surface area contributed by atoms with Crippen molar-refractivity contribution >= 4 is 17.6 Å². The predicted molar refractivity (Wildman–Crippen MR) is 105 cm³/mol. The van der Waals surface area contributed by atoms with Crippen molar-refractivity contribution in [1.29, 1.82) is 0 Å². The second-order valence-corrected chi connectivity index (χ2v) is 8.31. The standard InChI is InChI=1S/C20H30FN3O4/c1-12-5-6-14(21)8-16(12)24-11-20(3,4)23(10-18(24)26)9-15(22)17(25)7-13(2)19(27)28/h5-6,8,13,15,17,25H,7,9-11,22H2,1-4H3,(H,27,28)/t13-,15-,17-/m0/s1. The maximum atomic E-state index is 13.7. The van der Waals surface area contributed by atoms with Crippen LogP contribution in [0.15, 0.2) is 18.2 Å². The van der Waals surface area contributed by atoms with Gasteiger partial charge in [-0.2, -0.15) is 0 Å². The van der Waals surface area contributed by atoms with Gasteiger partial charge in [-0.1, -0.05) is 13.0 Å². The Balaban J connectivity index is 2.10. The number of carboxylic acids is 1. The maximum Gasteiger partial charge on any atom is 0.306 e. The van der Waals surface area contributed by atoms with Crippen molar-refractivity contribution in [3.8, 4) is 0 Å². The second kappa shape index (κ2) is 8.55. The lowest BCUT2D eigenvalue weighted by Gasteiger charge is -2.48. The molecule has 2 rings (SSSR count). The normalized spacial score (nSPS) is 20.7. The zero-order valence-electron chi connectivity index (χ0n) is 16.9. The van der Waals surface area contributed by atoms with Crippen molar-refractivity contribution < 1.29 is 24.2 Å². The predicted octanol–water partition coefficient (Wildman–Crippen LogP) is 1.36. The van der Waals surface area contributed by atoms with Crippen molar-refractivity contribution in [2.75, 3.05) is 24.5 Å². The van der Waals surface area contributed by atoms with Gasteiger partial charge < -0.3 is 20.8 Å². The average molecular weight is 395 g/mol. The van der Waals surface area contributed by atoms with Gasteiger partial charge >= 0.3 is 5.97 Å². The summed E-state index contributed by atoms with van der Waals surface area (Å²) in [6.45, 7) is 7.95. The molecular weight excluding hydrogens is 365 g/mol. The highest BCUT2D eigenvalue weighted by Gasteiger charge is 2.40. The zero-order chi connectivity index (χ0) is 21.2. The van der Waals surface area contributed by atoms with E-state index in [2.05, 4.69) is 0 Å². The molecule has 0 radical (unpaired) electrons. The number of halogens is 1. The number of carbonyl (C=O) groups excluding carboxylic acids is 1. The molecule has 4 N–H and O–H groups in total. The van der Waals surface area contributed by atoms with Crippen molar-refractivity contribution in [1.82, 2.24) is 4.90 Å². The molecule has 1 heterocycles. The number of aliphatic hydroxyl groups excluding tert-OH is 1. The monoisotopic (exact) mass is 395 g/mol. The third-order valence-corrected chi connectivity index (χ3v) is 5.43. The molecule has 0 aromatic heterocycles. The Kier molecular flexibility index (Phi) is 6.80. The summed E-state index contributed by atoms with van der Waals surface area (Å²) < 4.78 is 13.7. The van der Waals surface area contributed by atoms with E-state index in [-0.39, 0.29) is 25.4 Å². The number of hydrogen-bond acceptors (Lipinski definition) is 5. The second-order valence-electron chi connectivity index (χ2n) is 8.31. The van der Waals surface area contributed by atoms with Gasteiger partial charge in [0.05, 0.1) is 18.6 Å². The number of aliphatic carboxylic acids is 1. The number of aliphatic hydroxyl groups is 1. The zero-order valence-corrected chi connectivity index (χ0v) is 16.9. The number of amides is 1. The fourth-order valence-electron chi connectivity index (χ4n) is 3.46. The molecule has 3 atom stereocenters. The van der Waals surface area contributed by atoms with E-state index in [1.54, 1.807) is 11.0 Å². The van der Waals surface area contributed by atoms with Gasteiger partial charge in [0.25, 0.3) is 0 Å². The van der Waals surface area contributed by atoms with Crippen LogP contribution in [-0.2, 0) is 9.59 Å². The van der Waals surface area contributed by atoms with Crippen LogP contribution in [0.2, 0.25) is 0 Å². The van der Waals surface area contributed by atoms with Crippen molar-refractivity contribution in [3.05, 3.63) is 29.6 Å². The van der Waals surface area contributed by atoms with Crippen LogP contribution < -0.4 is 10.6 Å². The van der Waals surface area contributed by atoms with E-state index >= 15 is 0 Å². The quantitative estimate of drug-likeness (QED) is 0.644. The molecule has 0 bridgehead atoms. The molecule has 0 aliphatic carbocycles. The Morgan fingerprint density at radius 1 is 1.39 bits per heavy atom. The lowest BCUT2D eigenvalue weighted by molar-refractivity contribution is -0.142. The average Bonchev–Trinajstić information content (AvgIpc) is 2.59. The molecule has 28 heavy (non-hydrogen) atoms. The van der Waals surface area contributed by atoms with E-state index in [0.717, 1.165) is 5.56 Å².